The number of carbonyl (C=O) groups excluding carboxylic acids is 1. The van der Waals surface area contributed by atoms with Crippen LogP contribution in [-0.4, -0.2) is 42.1 Å². The molecule has 0 spiro atoms. The van der Waals surface area contributed by atoms with E-state index in [1.54, 1.807) is 7.11 Å². The van der Waals surface area contributed by atoms with E-state index in [4.69, 9.17) is 9.84 Å². The molecule has 1 aromatic carbocycles. The van der Waals surface area contributed by atoms with Crippen LogP contribution < -0.4 is 4.74 Å². The zero-order valence-corrected chi connectivity index (χ0v) is 16.9. The van der Waals surface area contributed by atoms with Crippen molar-refractivity contribution in [3.05, 3.63) is 28.3 Å². The number of amides is 1. The Morgan fingerprint density at radius 1 is 1.19 bits per heavy atom. The van der Waals surface area contributed by atoms with Crippen LogP contribution in [-0.2, 0) is 22.4 Å². The summed E-state index contributed by atoms with van der Waals surface area (Å²) in [5.74, 6) is 0.367. The van der Waals surface area contributed by atoms with E-state index in [1.807, 2.05) is 11.8 Å². The Morgan fingerprint density at radius 2 is 1.85 bits per heavy atom. The lowest BCUT2D eigenvalue weighted by Gasteiger charge is -2.36. The molecule has 1 aliphatic heterocycles. The molecule has 1 saturated heterocycles. The van der Waals surface area contributed by atoms with Gasteiger partial charge in [0.15, 0.2) is 0 Å². The second-order valence-corrected chi connectivity index (χ2v) is 8.21. The van der Waals surface area contributed by atoms with E-state index < -0.39 is 5.97 Å². The molecule has 1 fully saturated rings. The summed E-state index contributed by atoms with van der Waals surface area (Å²) in [5, 5.41) is 9.15. The van der Waals surface area contributed by atoms with E-state index in [2.05, 4.69) is 19.9 Å². The van der Waals surface area contributed by atoms with Crippen LogP contribution in [0.4, 0.5) is 0 Å². The predicted molar refractivity (Wildman–Crippen MR) is 104 cm³/mol. The third-order valence-corrected chi connectivity index (χ3v) is 6.71. The maximum atomic E-state index is 13.0. The lowest BCUT2D eigenvalue weighted by Crippen LogP contribution is -2.44. The van der Waals surface area contributed by atoms with Crippen LogP contribution in [0.2, 0.25) is 0 Å². The highest BCUT2D eigenvalue weighted by Gasteiger charge is 2.34. The number of hydrogen-bond acceptors (Lipinski definition) is 3. The average molecular weight is 373 g/mol. The number of aliphatic carboxylic acids is 1. The monoisotopic (exact) mass is 373 g/mol. The van der Waals surface area contributed by atoms with Gasteiger partial charge in [0.05, 0.1) is 13.0 Å². The minimum atomic E-state index is -0.737. The second-order valence-electron chi connectivity index (χ2n) is 8.21. The molecule has 0 radical (unpaired) electrons. The Kier molecular flexibility index (Phi) is 5.78. The third-order valence-electron chi connectivity index (χ3n) is 6.71. The Bertz CT molecular complexity index is 734. The molecule has 0 bridgehead atoms. The lowest BCUT2D eigenvalue weighted by atomic mass is 9.74. The molecule has 5 heteroatoms. The van der Waals surface area contributed by atoms with E-state index in [9.17, 15) is 9.59 Å². The van der Waals surface area contributed by atoms with Crippen LogP contribution in [0, 0.1) is 31.6 Å². The number of carboxylic acid groups (broad SMARTS) is 1. The summed E-state index contributed by atoms with van der Waals surface area (Å²) in [6.07, 6.45) is 4.08. The molecule has 0 saturated carbocycles. The van der Waals surface area contributed by atoms with Crippen molar-refractivity contribution in [2.45, 2.75) is 52.9 Å². The number of ether oxygens (including phenoxy) is 1. The fraction of sp³-hybridized carbons (Fsp3) is 0.636. The summed E-state index contributed by atoms with van der Waals surface area (Å²) < 4.78 is 5.54. The Balaban J connectivity index is 1.70. The van der Waals surface area contributed by atoms with Gasteiger partial charge in [0.1, 0.15) is 5.75 Å². The number of carboxylic acids is 1. The van der Waals surface area contributed by atoms with Gasteiger partial charge in [-0.2, -0.15) is 0 Å². The van der Waals surface area contributed by atoms with Crippen molar-refractivity contribution < 1.29 is 19.4 Å². The number of methoxy groups -OCH3 is 1. The highest BCUT2D eigenvalue weighted by atomic mass is 16.5. The molecular weight excluding hydrogens is 342 g/mol. The van der Waals surface area contributed by atoms with E-state index in [-0.39, 0.29) is 17.7 Å². The van der Waals surface area contributed by atoms with Crippen LogP contribution in [0.1, 0.15) is 48.4 Å². The summed E-state index contributed by atoms with van der Waals surface area (Å²) in [4.78, 5) is 26.0. The van der Waals surface area contributed by atoms with E-state index in [0.717, 1.165) is 25.0 Å². The molecule has 1 heterocycles. The van der Waals surface area contributed by atoms with Crippen molar-refractivity contribution in [1.29, 1.82) is 0 Å². The van der Waals surface area contributed by atoms with Gasteiger partial charge in [0, 0.05) is 19.0 Å². The predicted octanol–water partition coefficient (Wildman–Crippen LogP) is 3.38. The topological polar surface area (TPSA) is 66.8 Å². The number of rotatable bonds is 4. The number of piperidine rings is 1. The van der Waals surface area contributed by atoms with Gasteiger partial charge in [0.2, 0.25) is 5.91 Å². The van der Waals surface area contributed by atoms with Crippen LogP contribution >= 0.6 is 0 Å². The molecule has 1 aliphatic carbocycles. The van der Waals surface area contributed by atoms with Gasteiger partial charge in [-0.25, -0.2) is 0 Å². The summed E-state index contributed by atoms with van der Waals surface area (Å²) in [6, 6.07) is 2.12. The second kappa shape index (κ2) is 7.91. The van der Waals surface area contributed by atoms with Crippen molar-refractivity contribution in [3.63, 3.8) is 0 Å². The molecule has 2 unspecified atom stereocenters. The average Bonchev–Trinajstić information content (AvgIpc) is 2.69. The lowest BCUT2D eigenvalue weighted by molar-refractivity contribution is -0.147. The molecule has 5 nitrogen and oxygen atoms in total. The Labute approximate surface area is 161 Å². The van der Waals surface area contributed by atoms with Crippen molar-refractivity contribution in [1.82, 2.24) is 4.90 Å². The summed E-state index contributed by atoms with van der Waals surface area (Å²) in [5.41, 5.74) is 5.25. The zero-order chi connectivity index (χ0) is 19.7. The highest BCUT2D eigenvalue weighted by molar-refractivity contribution is 5.79. The van der Waals surface area contributed by atoms with Crippen LogP contribution in [0.5, 0.6) is 5.75 Å². The molecule has 1 aromatic rings. The van der Waals surface area contributed by atoms with Crippen LogP contribution in [0.3, 0.4) is 0 Å². The van der Waals surface area contributed by atoms with E-state index in [1.165, 1.54) is 22.3 Å². The molecule has 1 amide bonds. The quantitative estimate of drug-likeness (QED) is 0.879. The molecule has 148 valence electrons. The zero-order valence-electron chi connectivity index (χ0n) is 16.9. The number of nitrogens with zero attached hydrogens (tertiary/aromatic N) is 1. The first-order valence-electron chi connectivity index (χ1n) is 10.0. The first-order valence-corrected chi connectivity index (χ1v) is 10.0. The third kappa shape index (κ3) is 3.83. The number of hydrogen-bond donors (Lipinski definition) is 1. The van der Waals surface area contributed by atoms with Crippen LogP contribution in [0.25, 0.3) is 0 Å². The number of fused-ring (bicyclic) bond motifs is 1. The Hall–Kier alpha value is -2.04. The molecule has 2 atom stereocenters. The van der Waals surface area contributed by atoms with Crippen molar-refractivity contribution >= 4 is 11.9 Å². The molecule has 1 N–H and O–H groups in total. The molecule has 2 aliphatic rings. The molecule has 3 rings (SSSR count). The SMILES string of the molecule is COc1cc(C)c2c(c1C)CC(C(C)C(=O)N1CCC(C(=O)O)CC1)CC2. The molecule has 27 heavy (non-hydrogen) atoms. The number of likely N-dealkylation sites (tertiary alicyclic amines) is 1. The first kappa shape index (κ1) is 19.7. The van der Waals surface area contributed by atoms with E-state index >= 15 is 0 Å². The largest absolute Gasteiger partial charge is 0.496 e. The summed E-state index contributed by atoms with van der Waals surface area (Å²) in [6.45, 7) is 7.43. The smallest absolute Gasteiger partial charge is 0.306 e. The van der Waals surface area contributed by atoms with Gasteiger partial charge < -0.3 is 14.7 Å². The molecule has 0 aromatic heterocycles. The van der Waals surface area contributed by atoms with Gasteiger partial charge in [0.25, 0.3) is 0 Å². The number of benzene rings is 1. The van der Waals surface area contributed by atoms with Crippen molar-refractivity contribution in [2.24, 2.45) is 17.8 Å². The highest BCUT2D eigenvalue weighted by Crippen LogP contribution is 2.38. The fourth-order valence-electron chi connectivity index (χ4n) is 4.80. The summed E-state index contributed by atoms with van der Waals surface area (Å²) in [7, 11) is 1.71. The van der Waals surface area contributed by atoms with E-state index in [0.29, 0.717) is 31.8 Å². The molecular formula is C22H31NO4. The van der Waals surface area contributed by atoms with Gasteiger partial charge in [-0.1, -0.05) is 6.92 Å². The van der Waals surface area contributed by atoms with Crippen molar-refractivity contribution in [2.75, 3.05) is 20.2 Å². The van der Waals surface area contributed by atoms with Gasteiger partial charge >= 0.3 is 5.97 Å². The Morgan fingerprint density at radius 3 is 2.44 bits per heavy atom. The number of carbonyl (C=O) groups is 2. The standard InChI is InChI=1S/C22H31NO4/c1-13-11-20(27-4)15(3)19-12-17(5-6-18(13)19)14(2)21(24)23-9-7-16(8-10-23)22(25)26/h11,14,16-17H,5-10,12H2,1-4H3,(H,25,26). The first-order chi connectivity index (χ1) is 12.8. The maximum absolute atomic E-state index is 13.0. The minimum Gasteiger partial charge on any atom is -0.496 e. The van der Waals surface area contributed by atoms with Crippen LogP contribution in [0.15, 0.2) is 6.07 Å². The normalized spacial score (nSPS) is 21.5. The maximum Gasteiger partial charge on any atom is 0.306 e. The van der Waals surface area contributed by atoms with Gasteiger partial charge in [-0.15, -0.1) is 0 Å². The van der Waals surface area contributed by atoms with Gasteiger partial charge in [-0.05, 0) is 80.2 Å². The van der Waals surface area contributed by atoms with Gasteiger partial charge in [-0.3, -0.25) is 9.59 Å². The van der Waals surface area contributed by atoms with Crippen molar-refractivity contribution in [3.8, 4) is 5.75 Å². The number of aryl methyl sites for hydroxylation is 1. The minimum absolute atomic E-state index is 0.0366. The fourth-order valence-corrected chi connectivity index (χ4v) is 4.80. The summed E-state index contributed by atoms with van der Waals surface area (Å²) >= 11 is 0.